The Morgan fingerprint density at radius 2 is 1.48 bits per heavy atom. The summed E-state index contributed by atoms with van der Waals surface area (Å²) in [5.74, 6) is -15.6. The van der Waals surface area contributed by atoms with Crippen LogP contribution in [0.15, 0.2) is 53.1 Å². The van der Waals surface area contributed by atoms with E-state index < -0.39 is 109 Å². The number of anilines is 2. The van der Waals surface area contributed by atoms with Gasteiger partial charge in [0.1, 0.15) is 5.69 Å². The van der Waals surface area contributed by atoms with E-state index in [2.05, 4.69) is 25.7 Å². The summed E-state index contributed by atoms with van der Waals surface area (Å²) in [5, 5.41) is 11.2. The minimum Gasteiger partial charge on any atom is -0.404 e. The van der Waals surface area contributed by atoms with Crippen LogP contribution in [0.25, 0.3) is 0 Å². The molecule has 1 heterocycles. The third-order valence-corrected chi connectivity index (χ3v) is 6.34. The molecule has 0 bridgehead atoms. The molecule has 3 aromatic rings. The number of alkyl halides is 12. The number of carbonyl (C=O) groups excluding carboxylic acids is 2. The summed E-state index contributed by atoms with van der Waals surface area (Å²) < 4.78 is 191. The van der Waals surface area contributed by atoms with Crippen LogP contribution >= 0.6 is 15.9 Å². The van der Waals surface area contributed by atoms with Crippen molar-refractivity contribution in [3.05, 3.63) is 81.6 Å². The van der Waals surface area contributed by atoms with Gasteiger partial charge in [-0.3, -0.25) is 14.8 Å². The van der Waals surface area contributed by atoms with Gasteiger partial charge in [0.05, 0.1) is 16.8 Å². The summed E-state index contributed by atoms with van der Waals surface area (Å²) in [6.45, 7) is 0. The fraction of sp³-hybridized carbons (Fsp3) is 0.208. The zero-order chi connectivity index (χ0) is 35.2. The first-order chi connectivity index (χ1) is 20.8. The Balaban J connectivity index is 2.12. The summed E-state index contributed by atoms with van der Waals surface area (Å²) in [6, 6.07) is 2.22. The topological polar surface area (TPSA) is 91.8 Å². The van der Waals surface area contributed by atoms with Crippen molar-refractivity contribution >= 4 is 39.1 Å². The largest absolute Gasteiger partial charge is 0.573 e. The van der Waals surface area contributed by atoms with Crippen LogP contribution in [0.2, 0.25) is 0 Å². The van der Waals surface area contributed by atoms with Gasteiger partial charge in [0.15, 0.2) is 11.6 Å². The van der Waals surface area contributed by atoms with E-state index in [0.717, 1.165) is 12.1 Å². The van der Waals surface area contributed by atoms with Crippen LogP contribution in [0.3, 0.4) is 0 Å². The number of carbonyl (C=O) groups is 2. The first-order valence-electron chi connectivity index (χ1n) is 11.4. The molecule has 0 aliphatic rings. The molecule has 1 aromatic heterocycles. The lowest BCUT2D eigenvalue weighted by Crippen LogP contribution is -2.59. The number of rotatable bonds is 7. The Kier molecular flexibility index (Phi) is 9.61. The molecule has 0 radical (unpaired) electrons. The monoisotopic (exact) mass is 749 g/mol. The Hall–Kier alpha value is -4.21. The standard InChI is InChI=1S/C24H10BrF14N3O4/c25-12-6-10(20(28,22(31,32)33)21(29,30)23(34,35)36)7-14(46-24(37,38)39)17(12)41-18(43)11-2-1-3-13(16(11)27)42(45)19(44)9-4-5-15(26)40-8-9/h1-8,45H,(H,41,43). The first-order valence-corrected chi connectivity index (χ1v) is 12.2. The smallest absolute Gasteiger partial charge is 0.404 e. The molecule has 1 atom stereocenters. The van der Waals surface area contributed by atoms with Crippen LogP contribution in [0.1, 0.15) is 26.3 Å². The Bertz CT molecular complexity index is 1650. The molecule has 22 heteroatoms. The molecule has 3 rings (SSSR count). The molecule has 0 saturated carbocycles. The Morgan fingerprint density at radius 3 is 1.98 bits per heavy atom. The lowest BCUT2D eigenvalue weighted by molar-refractivity contribution is -0.389. The number of hydrogen-bond donors (Lipinski definition) is 2. The van der Waals surface area contributed by atoms with Gasteiger partial charge in [-0.1, -0.05) is 6.07 Å². The van der Waals surface area contributed by atoms with Gasteiger partial charge in [-0.15, -0.1) is 13.2 Å². The normalized spacial score (nSPS) is 14.0. The van der Waals surface area contributed by atoms with E-state index in [4.69, 9.17) is 0 Å². The van der Waals surface area contributed by atoms with Crippen LogP contribution in [-0.4, -0.2) is 46.6 Å². The average molecular weight is 750 g/mol. The number of pyridine rings is 1. The third kappa shape index (κ3) is 6.81. The lowest BCUT2D eigenvalue weighted by atomic mass is 9.87. The molecule has 2 amide bonds. The number of ether oxygens (including phenoxy) is 1. The minimum atomic E-state index is -7.29. The maximum atomic E-state index is 15.2. The third-order valence-electron chi connectivity index (χ3n) is 5.71. The first kappa shape index (κ1) is 36.3. The fourth-order valence-corrected chi connectivity index (χ4v) is 4.14. The molecule has 2 N–H and O–H groups in total. The average Bonchev–Trinajstić information content (AvgIpc) is 2.91. The van der Waals surface area contributed by atoms with E-state index in [9.17, 15) is 71.9 Å². The summed E-state index contributed by atoms with van der Waals surface area (Å²) in [4.78, 5) is 28.4. The second-order valence-corrected chi connectivity index (χ2v) is 9.54. The molecular formula is C24H10BrF14N3O4. The molecule has 0 aliphatic heterocycles. The number of halogens is 15. The van der Waals surface area contributed by atoms with E-state index in [-0.39, 0.29) is 0 Å². The maximum absolute atomic E-state index is 15.2. The van der Waals surface area contributed by atoms with Crippen molar-refractivity contribution in [2.24, 2.45) is 0 Å². The van der Waals surface area contributed by atoms with Crippen molar-refractivity contribution in [1.29, 1.82) is 0 Å². The van der Waals surface area contributed by atoms with E-state index in [1.54, 1.807) is 0 Å². The van der Waals surface area contributed by atoms with Gasteiger partial charge in [0, 0.05) is 16.2 Å². The summed E-state index contributed by atoms with van der Waals surface area (Å²) >= 11 is 2.25. The zero-order valence-corrected chi connectivity index (χ0v) is 22.9. The van der Waals surface area contributed by atoms with Gasteiger partial charge in [-0.25, -0.2) is 13.8 Å². The summed E-state index contributed by atoms with van der Waals surface area (Å²) in [6.07, 6.45) is -19.7. The van der Waals surface area contributed by atoms with E-state index in [0.29, 0.717) is 24.4 Å². The minimum absolute atomic E-state index is 0.400. The van der Waals surface area contributed by atoms with Gasteiger partial charge in [0.2, 0.25) is 5.95 Å². The van der Waals surface area contributed by atoms with Crippen molar-refractivity contribution in [1.82, 2.24) is 4.98 Å². The summed E-state index contributed by atoms with van der Waals surface area (Å²) in [7, 11) is 0. The highest BCUT2D eigenvalue weighted by Crippen LogP contribution is 2.59. The number of aromatic nitrogens is 1. The van der Waals surface area contributed by atoms with Crippen LogP contribution in [0, 0.1) is 11.8 Å². The van der Waals surface area contributed by atoms with Crippen LogP contribution in [-0.2, 0) is 5.67 Å². The molecule has 1 unspecified atom stereocenters. The molecule has 0 saturated heterocycles. The van der Waals surface area contributed by atoms with Crippen molar-refractivity contribution in [3.63, 3.8) is 0 Å². The van der Waals surface area contributed by atoms with Gasteiger partial charge in [-0.05, 0) is 52.3 Å². The molecule has 46 heavy (non-hydrogen) atoms. The lowest BCUT2D eigenvalue weighted by Gasteiger charge is -2.36. The predicted octanol–water partition coefficient (Wildman–Crippen LogP) is 8.23. The predicted molar refractivity (Wildman–Crippen MR) is 128 cm³/mol. The van der Waals surface area contributed by atoms with E-state index >= 15 is 4.39 Å². The molecule has 7 nitrogen and oxygen atoms in total. The molecule has 0 fully saturated rings. The van der Waals surface area contributed by atoms with Crippen LogP contribution in [0.4, 0.5) is 72.8 Å². The number of nitrogens with zero attached hydrogens (tertiary/aromatic N) is 2. The van der Waals surface area contributed by atoms with Crippen LogP contribution in [0.5, 0.6) is 5.75 Å². The quantitative estimate of drug-likeness (QED) is 0.110. The van der Waals surface area contributed by atoms with Crippen molar-refractivity contribution in [2.45, 2.75) is 30.3 Å². The second kappa shape index (κ2) is 12.2. The zero-order valence-electron chi connectivity index (χ0n) is 21.4. The van der Waals surface area contributed by atoms with E-state index in [1.165, 1.54) is 5.32 Å². The summed E-state index contributed by atoms with van der Waals surface area (Å²) in [5.41, 5.74) is -13.8. The SMILES string of the molecule is O=C(Nc1c(Br)cc(C(F)(C(F)(F)F)C(F)(F)C(F)(F)F)cc1OC(F)(F)F)c1cccc(N(O)C(=O)c2ccc(F)nc2)c1F. The maximum Gasteiger partial charge on any atom is 0.573 e. The Labute approximate surface area is 253 Å². The number of hydrogen-bond acceptors (Lipinski definition) is 5. The fourth-order valence-electron chi connectivity index (χ4n) is 3.60. The highest BCUT2D eigenvalue weighted by molar-refractivity contribution is 9.10. The molecule has 0 spiro atoms. The second-order valence-electron chi connectivity index (χ2n) is 8.69. The van der Waals surface area contributed by atoms with Crippen molar-refractivity contribution < 1.29 is 81.0 Å². The molecule has 2 aromatic carbocycles. The number of nitrogens with one attached hydrogen (secondary N) is 1. The molecule has 0 aliphatic carbocycles. The Morgan fingerprint density at radius 1 is 0.870 bits per heavy atom. The highest BCUT2D eigenvalue weighted by atomic mass is 79.9. The molecular weight excluding hydrogens is 740 g/mol. The number of benzene rings is 2. The highest BCUT2D eigenvalue weighted by Gasteiger charge is 2.81. The number of amides is 2. The number of hydroxylamine groups is 1. The van der Waals surface area contributed by atoms with Gasteiger partial charge >= 0.3 is 30.3 Å². The van der Waals surface area contributed by atoms with Crippen LogP contribution < -0.4 is 15.1 Å². The van der Waals surface area contributed by atoms with Crippen molar-refractivity contribution in [3.8, 4) is 5.75 Å². The van der Waals surface area contributed by atoms with Gasteiger partial charge in [0.25, 0.3) is 11.8 Å². The van der Waals surface area contributed by atoms with Gasteiger partial charge in [-0.2, -0.15) is 44.6 Å². The van der Waals surface area contributed by atoms with Crippen molar-refractivity contribution in [2.75, 3.05) is 10.4 Å². The van der Waals surface area contributed by atoms with E-state index in [1.807, 2.05) is 0 Å². The van der Waals surface area contributed by atoms with Gasteiger partial charge < -0.3 is 10.1 Å². The molecule has 250 valence electrons.